The van der Waals surface area contributed by atoms with E-state index < -0.39 is 11.6 Å². The first-order valence-corrected chi connectivity index (χ1v) is 5.88. The van der Waals surface area contributed by atoms with Crippen LogP contribution in [0.2, 0.25) is 5.02 Å². The Morgan fingerprint density at radius 1 is 1.16 bits per heavy atom. The van der Waals surface area contributed by atoms with Gasteiger partial charge in [-0.05, 0) is 23.8 Å². The van der Waals surface area contributed by atoms with E-state index in [1.807, 2.05) is 0 Å². The molecule has 2 rings (SSSR count). The standard InChI is InChI=1S/C14H10ClF2NO/c15-12-5-1-3-10(7-12)8-18-19-9-11-4-2-6-13(16)14(11)17/h1-8H,9H2. The van der Waals surface area contributed by atoms with Crippen molar-refractivity contribution in [1.29, 1.82) is 0 Å². The number of oxime groups is 1. The van der Waals surface area contributed by atoms with Crippen LogP contribution in [0.1, 0.15) is 11.1 Å². The molecule has 0 aliphatic rings. The van der Waals surface area contributed by atoms with Crippen LogP contribution in [-0.4, -0.2) is 6.21 Å². The molecule has 0 heterocycles. The molecule has 0 fully saturated rings. The normalized spacial score (nSPS) is 10.9. The van der Waals surface area contributed by atoms with Gasteiger partial charge in [-0.1, -0.05) is 41.0 Å². The summed E-state index contributed by atoms with van der Waals surface area (Å²) in [4.78, 5) is 4.92. The summed E-state index contributed by atoms with van der Waals surface area (Å²) in [5, 5.41) is 4.26. The molecule has 0 aromatic heterocycles. The van der Waals surface area contributed by atoms with Gasteiger partial charge in [-0.3, -0.25) is 0 Å². The zero-order chi connectivity index (χ0) is 13.7. The van der Waals surface area contributed by atoms with Crippen molar-refractivity contribution in [3.05, 3.63) is 70.2 Å². The molecule has 2 aromatic rings. The average Bonchev–Trinajstić information content (AvgIpc) is 2.39. The zero-order valence-corrected chi connectivity index (χ0v) is 10.6. The Labute approximate surface area is 114 Å². The summed E-state index contributed by atoms with van der Waals surface area (Å²) in [6.45, 7) is -0.138. The second kappa shape index (κ2) is 6.29. The fraction of sp³-hybridized carbons (Fsp3) is 0.0714. The molecular formula is C14H10ClF2NO. The van der Waals surface area contributed by atoms with Crippen LogP contribution in [0.15, 0.2) is 47.6 Å². The summed E-state index contributed by atoms with van der Waals surface area (Å²) in [5.41, 5.74) is 0.871. The molecule has 0 saturated heterocycles. The molecule has 19 heavy (non-hydrogen) atoms. The van der Waals surface area contributed by atoms with Gasteiger partial charge in [0, 0.05) is 10.6 Å². The first-order valence-electron chi connectivity index (χ1n) is 5.50. The van der Waals surface area contributed by atoms with Gasteiger partial charge in [-0.15, -0.1) is 0 Å². The molecule has 0 unspecified atom stereocenters. The summed E-state index contributed by atoms with van der Waals surface area (Å²) >= 11 is 5.80. The summed E-state index contributed by atoms with van der Waals surface area (Å²) in [6, 6.07) is 10.9. The number of rotatable bonds is 4. The van der Waals surface area contributed by atoms with E-state index in [1.54, 1.807) is 24.3 Å². The highest BCUT2D eigenvalue weighted by molar-refractivity contribution is 6.30. The van der Waals surface area contributed by atoms with Crippen molar-refractivity contribution in [3.8, 4) is 0 Å². The lowest BCUT2D eigenvalue weighted by atomic mass is 10.2. The van der Waals surface area contributed by atoms with Crippen LogP contribution in [0.5, 0.6) is 0 Å². The topological polar surface area (TPSA) is 21.6 Å². The SMILES string of the molecule is Fc1cccc(CON=Cc2cccc(Cl)c2)c1F. The molecule has 2 aromatic carbocycles. The van der Waals surface area contributed by atoms with Gasteiger partial charge < -0.3 is 4.84 Å². The highest BCUT2D eigenvalue weighted by Crippen LogP contribution is 2.12. The molecule has 0 N–H and O–H groups in total. The third kappa shape index (κ3) is 3.76. The Kier molecular flexibility index (Phi) is 4.47. The molecule has 0 aliphatic carbocycles. The predicted molar refractivity (Wildman–Crippen MR) is 70.2 cm³/mol. The molecule has 5 heteroatoms. The van der Waals surface area contributed by atoms with Crippen molar-refractivity contribution in [3.63, 3.8) is 0 Å². The number of hydrogen-bond acceptors (Lipinski definition) is 2. The Morgan fingerprint density at radius 3 is 2.74 bits per heavy atom. The van der Waals surface area contributed by atoms with Crippen molar-refractivity contribution < 1.29 is 13.6 Å². The fourth-order valence-electron chi connectivity index (χ4n) is 1.45. The maximum Gasteiger partial charge on any atom is 0.165 e. The van der Waals surface area contributed by atoms with Gasteiger partial charge in [0.2, 0.25) is 0 Å². The van der Waals surface area contributed by atoms with Crippen LogP contribution >= 0.6 is 11.6 Å². The molecule has 0 radical (unpaired) electrons. The van der Waals surface area contributed by atoms with Crippen molar-refractivity contribution in [2.45, 2.75) is 6.61 Å². The van der Waals surface area contributed by atoms with E-state index in [-0.39, 0.29) is 12.2 Å². The Balaban J connectivity index is 1.95. The fourth-order valence-corrected chi connectivity index (χ4v) is 1.65. The zero-order valence-electron chi connectivity index (χ0n) is 9.82. The monoisotopic (exact) mass is 281 g/mol. The van der Waals surface area contributed by atoms with Crippen molar-refractivity contribution >= 4 is 17.8 Å². The summed E-state index contributed by atoms with van der Waals surface area (Å²) in [5.74, 6) is -1.82. The van der Waals surface area contributed by atoms with E-state index in [0.29, 0.717) is 5.02 Å². The van der Waals surface area contributed by atoms with Gasteiger partial charge in [0.25, 0.3) is 0 Å². The molecular weight excluding hydrogens is 272 g/mol. The largest absolute Gasteiger partial charge is 0.391 e. The van der Waals surface area contributed by atoms with Crippen LogP contribution in [0.3, 0.4) is 0 Å². The summed E-state index contributed by atoms with van der Waals surface area (Å²) in [7, 11) is 0. The molecule has 2 nitrogen and oxygen atoms in total. The van der Waals surface area contributed by atoms with Crippen LogP contribution in [0.25, 0.3) is 0 Å². The van der Waals surface area contributed by atoms with Gasteiger partial charge in [-0.2, -0.15) is 0 Å². The van der Waals surface area contributed by atoms with E-state index in [0.717, 1.165) is 11.6 Å². The Bertz CT molecular complexity index is 602. The lowest BCUT2D eigenvalue weighted by molar-refractivity contribution is 0.129. The lowest BCUT2D eigenvalue weighted by Gasteiger charge is -2.02. The molecule has 0 aliphatic heterocycles. The highest BCUT2D eigenvalue weighted by atomic mass is 35.5. The van der Waals surface area contributed by atoms with E-state index in [1.165, 1.54) is 18.3 Å². The average molecular weight is 282 g/mol. The molecule has 0 amide bonds. The third-order valence-electron chi connectivity index (χ3n) is 2.38. The first-order chi connectivity index (χ1) is 9.16. The van der Waals surface area contributed by atoms with Crippen molar-refractivity contribution in [2.24, 2.45) is 5.16 Å². The van der Waals surface area contributed by atoms with Gasteiger partial charge in [-0.25, -0.2) is 8.78 Å². The third-order valence-corrected chi connectivity index (χ3v) is 2.61. The molecule has 0 atom stereocenters. The first kappa shape index (κ1) is 13.5. The Morgan fingerprint density at radius 2 is 1.95 bits per heavy atom. The minimum absolute atomic E-state index is 0.114. The second-order valence-corrected chi connectivity index (χ2v) is 4.21. The smallest absolute Gasteiger partial charge is 0.165 e. The second-order valence-electron chi connectivity index (χ2n) is 3.78. The van der Waals surface area contributed by atoms with Crippen LogP contribution < -0.4 is 0 Å². The molecule has 0 spiro atoms. The minimum Gasteiger partial charge on any atom is -0.391 e. The summed E-state index contributed by atoms with van der Waals surface area (Å²) < 4.78 is 26.2. The molecule has 0 saturated carbocycles. The van der Waals surface area contributed by atoms with Crippen molar-refractivity contribution in [2.75, 3.05) is 0 Å². The quantitative estimate of drug-likeness (QED) is 0.609. The summed E-state index contributed by atoms with van der Waals surface area (Å²) in [6.07, 6.45) is 1.45. The van der Waals surface area contributed by atoms with Crippen LogP contribution in [0.4, 0.5) is 8.78 Å². The molecule has 98 valence electrons. The number of benzene rings is 2. The van der Waals surface area contributed by atoms with Crippen LogP contribution in [0, 0.1) is 11.6 Å². The van der Waals surface area contributed by atoms with Gasteiger partial charge in [0.15, 0.2) is 11.6 Å². The maximum absolute atomic E-state index is 13.3. The highest BCUT2D eigenvalue weighted by Gasteiger charge is 2.07. The van der Waals surface area contributed by atoms with Gasteiger partial charge in [0.1, 0.15) is 6.61 Å². The lowest BCUT2D eigenvalue weighted by Crippen LogP contribution is -1.95. The van der Waals surface area contributed by atoms with E-state index in [4.69, 9.17) is 16.4 Å². The predicted octanol–water partition coefficient (Wildman–Crippen LogP) is 4.17. The maximum atomic E-state index is 13.3. The number of halogens is 3. The van der Waals surface area contributed by atoms with Gasteiger partial charge >= 0.3 is 0 Å². The van der Waals surface area contributed by atoms with Gasteiger partial charge in [0.05, 0.1) is 6.21 Å². The van der Waals surface area contributed by atoms with Crippen molar-refractivity contribution in [1.82, 2.24) is 0 Å². The van der Waals surface area contributed by atoms with Crippen LogP contribution in [-0.2, 0) is 11.4 Å². The molecule has 0 bridgehead atoms. The number of nitrogens with zero attached hydrogens (tertiary/aromatic N) is 1. The number of hydrogen-bond donors (Lipinski definition) is 0. The minimum atomic E-state index is -0.916. The van der Waals surface area contributed by atoms with E-state index >= 15 is 0 Å². The Hall–Kier alpha value is -1.94. The van der Waals surface area contributed by atoms with E-state index in [9.17, 15) is 8.78 Å². The van der Waals surface area contributed by atoms with E-state index in [2.05, 4.69) is 5.16 Å².